The molecule has 2 aliphatic carbocycles. The van der Waals surface area contributed by atoms with E-state index in [1.165, 1.54) is 167 Å². The summed E-state index contributed by atoms with van der Waals surface area (Å²) in [5.74, 6) is 3.32. The Hall–Kier alpha value is -1.10. The standard InChI is InChI=1S/C46H87NO4/c1-6-9-19-25-41(26-20-10-7-2)28-33-51-44(48)27-21-15-14-17-23-31-47(29-11-8-3)30-22-16-12-13-18-24-32-50-45(49)39-46(5)37-42-34-40(4)35-43(36-42)38-46/h40-43H,6-39H2,1-5H3. The van der Waals surface area contributed by atoms with Crippen LogP contribution in [0.4, 0.5) is 0 Å². The van der Waals surface area contributed by atoms with Crippen molar-refractivity contribution in [1.82, 2.24) is 4.90 Å². The number of esters is 2. The van der Waals surface area contributed by atoms with Crippen molar-refractivity contribution >= 4 is 11.9 Å². The van der Waals surface area contributed by atoms with Crippen molar-refractivity contribution in [3.63, 3.8) is 0 Å². The SMILES string of the molecule is CCCCCC(CCCCC)CCOC(=O)CCCCCCCN(CCCC)CCCCCCCCOC(=O)CC1(C)CC2CC(C)CC(C2)C1. The fraction of sp³-hybridized carbons (Fsp3) is 0.957. The minimum absolute atomic E-state index is 0.0145. The molecule has 5 heteroatoms. The lowest BCUT2D eigenvalue weighted by Gasteiger charge is -2.47. The third kappa shape index (κ3) is 23.3. The summed E-state index contributed by atoms with van der Waals surface area (Å²) in [6.45, 7) is 16.5. The Kier molecular flexibility index (Phi) is 26.4. The number of hydrogen-bond donors (Lipinski definition) is 0. The van der Waals surface area contributed by atoms with Crippen LogP contribution in [0, 0.1) is 29.1 Å². The number of rotatable bonds is 33. The minimum atomic E-state index is 0.0145. The summed E-state index contributed by atoms with van der Waals surface area (Å²) in [6.07, 6.45) is 35.0. The van der Waals surface area contributed by atoms with Crippen LogP contribution in [0.25, 0.3) is 0 Å². The van der Waals surface area contributed by atoms with E-state index < -0.39 is 0 Å². The van der Waals surface area contributed by atoms with E-state index >= 15 is 0 Å². The molecule has 0 aromatic rings. The van der Waals surface area contributed by atoms with E-state index in [4.69, 9.17) is 9.47 Å². The first kappa shape index (κ1) is 46.1. The third-order valence-corrected chi connectivity index (χ3v) is 12.3. The second-order valence-electron chi connectivity index (χ2n) is 17.9. The van der Waals surface area contributed by atoms with Crippen LogP contribution in [0.3, 0.4) is 0 Å². The summed E-state index contributed by atoms with van der Waals surface area (Å²) in [7, 11) is 0. The number of unbranched alkanes of at least 4 members (excludes halogenated alkanes) is 14. The van der Waals surface area contributed by atoms with Gasteiger partial charge in [0, 0.05) is 6.42 Å². The van der Waals surface area contributed by atoms with Gasteiger partial charge in [-0.05, 0) is 119 Å². The maximum absolute atomic E-state index is 12.6. The summed E-state index contributed by atoms with van der Waals surface area (Å²) in [4.78, 5) is 27.7. The first-order valence-corrected chi connectivity index (χ1v) is 22.8. The van der Waals surface area contributed by atoms with Crippen LogP contribution in [-0.2, 0) is 19.1 Å². The molecule has 0 heterocycles. The van der Waals surface area contributed by atoms with Gasteiger partial charge in [0.25, 0.3) is 0 Å². The molecule has 5 nitrogen and oxygen atoms in total. The molecule has 300 valence electrons. The summed E-state index contributed by atoms with van der Waals surface area (Å²) in [6, 6.07) is 0. The highest BCUT2D eigenvalue weighted by Crippen LogP contribution is 2.51. The van der Waals surface area contributed by atoms with E-state index in [2.05, 4.69) is 39.5 Å². The van der Waals surface area contributed by atoms with Crippen LogP contribution in [-0.4, -0.2) is 49.7 Å². The molecule has 2 bridgehead atoms. The molecule has 2 atom stereocenters. The van der Waals surface area contributed by atoms with Crippen LogP contribution in [0.1, 0.15) is 221 Å². The molecular weight excluding hydrogens is 631 g/mol. The molecule has 0 saturated heterocycles. The Morgan fingerprint density at radius 3 is 1.69 bits per heavy atom. The van der Waals surface area contributed by atoms with Gasteiger partial charge in [-0.1, -0.05) is 137 Å². The van der Waals surface area contributed by atoms with E-state index in [0.717, 1.165) is 49.4 Å². The van der Waals surface area contributed by atoms with E-state index in [0.29, 0.717) is 26.1 Å². The molecule has 2 aliphatic rings. The third-order valence-electron chi connectivity index (χ3n) is 12.3. The molecule has 0 amide bonds. The molecule has 0 aromatic heterocycles. The van der Waals surface area contributed by atoms with Crippen molar-refractivity contribution < 1.29 is 19.1 Å². The van der Waals surface area contributed by atoms with Gasteiger partial charge in [0.05, 0.1) is 19.6 Å². The first-order chi connectivity index (χ1) is 24.8. The number of ether oxygens (including phenoxy) is 2. The predicted octanol–water partition coefficient (Wildman–Crippen LogP) is 13.3. The predicted molar refractivity (Wildman–Crippen MR) is 217 cm³/mol. The van der Waals surface area contributed by atoms with Crippen LogP contribution < -0.4 is 0 Å². The lowest BCUT2D eigenvalue weighted by atomic mass is 9.58. The molecular formula is C46H87NO4. The van der Waals surface area contributed by atoms with Crippen molar-refractivity contribution in [2.45, 2.75) is 221 Å². The van der Waals surface area contributed by atoms with Crippen LogP contribution in [0.5, 0.6) is 0 Å². The summed E-state index contributed by atoms with van der Waals surface area (Å²) < 4.78 is 11.4. The smallest absolute Gasteiger partial charge is 0.306 e. The van der Waals surface area contributed by atoms with Gasteiger partial charge in [0.1, 0.15) is 0 Å². The highest BCUT2D eigenvalue weighted by molar-refractivity contribution is 5.70. The van der Waals surface area contributed by atoms with Crippen LogP contribution in [0.15, 0.2) is 0 Å². The molecule has 0 N–H and O–H groups in total. The molecule has 2 unspecified atom stereocenters. The quantitative estimate of drug-likeness (QED) is 0.0500. The zero-order valence-corrected chi connectivity index (χ0v) is 34.9. The van der Waals surface area contributed by atoms with Gasteiger partial charge in [-0.15, -0.1) is 0 Å². The van der Waals surface area contributed by atoms with Gasteiger partial charge >= 0.3 is 11.9 Å². The van der Waals surface area contributed by atoms with Gasteiger partial charge in [0.2, 0.25) is 0 Å². The van der Waals surface area contributed by atoms with Crippen molar-refractivity contribution in [3.05, 3.63) is 0 Å². The van der Waals surface area contributed by atoms with Crippen molar-refractivity contribution in [3.8, 4) is 0 Å². The average molecular weight is 718 g/mol. The largest absolute Gasteiger partial charge is 0.466 e. The number of fused-ring (bicyclic) bond motifs is 2. The Morgan fingerprint density at radius 2 is 1.10 bits per heavy atom. The maximum Gasteiger partial charge on any atom is 0.306 e. The second-order valence-corrected chi connectivity index (χ2v) is 17.9. The first-order valence-electron chi connectivity index (χ1n) is 22.8. The molecule has 2 fully saturated rings. The van der Waals surface area contributed by atoms with E-state index in [1.807, 2.05) is 0 Å². The van der Waals surface area contributed by atoms with Crippen molar-refractivity contribution in [2.24, 2.45) is 29.1 Å². The minimum Gasteiger partial charge on any atom is -0.466 e. The molecule has 0 aromatic carbocycles. The topological polar surface area (TPSA) is 55.8 Å². The van der Waals surface area contributed by atoms with E-state index in [9.17, 15) is 9.59 Å². The summed E-state index contributed by atoms with van der Waals surface area (Å²) in [5.41, 5.74) is 0.164. The average Bonchev–Trinajstić information content (AvgIpc) is 3.08. The van der Waals surface area contributed by atoms with Gasteiger partial charge in [0.15, 0.2) is 0 Å². The monoisotopic (exact) mass is 718 g/mol. The van der Waals surface area contributed by atoms with E-state index in [1.54, 1.807) is 0 Å². The van der Waals surface area contributed by atoms with Crippen molar-refractivity contribution in [1.29, 1.82) is 0 Å². The summed E-state index contributed by atoms with van der Waals surface area (Å²) in [5, 5.41) is 0. The summed E-state index contributed by atoms with van der Waals surface area (Å²) >= 11 is 0. The molecule has 2 rings (SSSR count). The maximum atomic E-state index is 12.6. The van der Waals surface area contributed by atoms with Crippen LogP contribution in [0.2, 0.25) is 0 Å². The molecule has 0 aliphatic heterocycles. The lowest BCUT2D eigenvalue weighted by molar-refractivity contribution is -0.148. The molecule has 0 radical (unpaired) electrons. The number of nitrogens with zero attached hydrogens (tertiary/aromatic N) is 1. The highest BCUT2D eigenvalue weighted by atomic mass is 16.5. The Balaban J connectivity index is 1.44. The Morgan fingerprint density at radius 1 is 0.588 bits per heavy atom. The highest BCUT2D eigenvalue weighted by Gasteiger charge is 2.42. The van der Waals surface area contributed by atoms with Crippen LogP contribution >= 0.6 is 0 Å². The molecule has 0 spiro atoms. The van der Waals surface area contributed by atoms with Gasteiger partial charge in [-0.3, -0.25) is 9.59 Å². The Labute approximate surface area is 317 Å². The fourth-order valence-electron chi connectivity index (χ4n) is 9.65. The lowest BCUT2D eigenvalue weighted by Crippen LogP contribution is -2.37. The number of carbonyl (C=O) groups excluding carboxylic acids is 2. The fourth-order valence-corrected chi connectivity index (χ4v) is 9.65. The van der Waals surface area contributed by atoms with E-state index in [-0.39, 0.29) is 17.4 Å². The zero-order valence-electron chi connectivity index (χ0n) is 34.9. The van der Waals surface area contributed by atoms with Gasteiger partial charge in [-0.25, -0.2) is 0 Å². The molecule has 51 heavy (non-hydrogen) atoms. The van der Waals surface area contributed by atoms with Gasteiger partial charge < -0.3 is 14.4 Å². The van der Waals surface area contributed by atoms with Crippen molar-refractivity contribution in [2.75, 3.05) is 32.8 Å². The Bertz CT molecular complexity index is 832. The molecule has 2 saturated carbocycles. The zero-order chi connectivity index (χ0) is 37.0. The second kappa shape index (κ2) is 29.3. The van der Waals surface area contributed by atoms with Gasteiger partial charge in [-0.2, -0.15) is 0 Å². The number of carbonyl (C=O) groups is 2. The normalized spacial score (nSPS) is 21.7. The number of hydrogen-bond acceptors (Lipinski definition) is 5.